The molecule has 14 heteroatoms. The van der Waals surface area contributed by atoms with Crippen LogP contribution in [-0.4, -0.2) is 80.9 Å². The van der Waals surface area contributed by atoms with Crippen LogP contribution < -0.4 is 27.4 Å². The van der Waals surface area contributed by atoms with Gasteiger partial charge in [0.25, 0.3) is 0 Å². The summed E-state index contributed by atoms with van der Waals surface area (Å²) in [5.41, 5.74) is 11.1. The minimum Gasteiger partial charge on any atom is -0.508 e. The summed E-state index contributed by atoms with van der Waals surface area (Å²) in [6.45, 7) is 1.21. The van der Waals surface area contributed by atoms with Crippen LogP contribution in [0.15, 0.2) is 24.3 Å². The van der Waals surface area contributed by atoms with Gasteiger partial charge in [0.05, 0.1) is 18.6 Å². The minimum atomic E-state index is -1.55. The summed E-state index contributed by atoms with van der Waals surface area (Å²) >= 11 is 3.88. The Labute approximate surface area is 200 Å². The standard InChI is InChI=1S/C20H29N5O8S/c1-9(26)16(25-17(29)12(21)7-15(22)28)19(31)23-13(6-10-2-4-11(27)5-3-10)18(30)24-14(8-34)20(32)33/h2-5,9,12-14,16,26-27,34H,6-8,21H2,1H3,(H2,22,28)(H,23,31)(H,24,30)(H,25,29)(H,32,33). The average Bonchev–Trinajstić information content (AvgIpc) is 2.75. The average molecular weight is 500 g/mol. The molecule has 1 rings (SSSR count). The number of nitrogens with two attached hydrogens (primary N) is 2. The van der Waals surface area contributed by atoms with Crippen molar-refractivity contribution in [2.24, 2.45) is 11.5 Å². The van der Waals surface area contributed by atoms with Crippen LogP contribution in [0.2, 0.25) is 0 Å². The zero-order valence-electron chi connectivity index (χ0n) is 18.3. The van der Waals surface area contributed by atoms with Gasteiger partial charge in [-0.15, -0.1) is 0 Å². The van der Waals surface area contributed by atoms with Crippen LogP contribution in [0.25, 0.3) is 0 Å². The first kappa shape index (κ1) is 28.7. The number of phenols is 1. The summed E-state index contributed by atoms with van der Waals surface area (Å²) in [4.78, 5) is 60.0. The van der Waals surface area contributed by atoms with Crippen molar-refractivity contribution >= 4 is 42.2 Å². The predicted octanol–water partition coefficient (Wildman–Crippen LogP) is -3.01. The van der Waals surface area contributed by atoms with Crippen LogP contribution in [0, 0.1) is 0 Å². The Balaban J connectivity index is 3.08. The van der Waals surface area contributed by atoms with Gasteiger partial charge in [-0.2, -0.15) is 12.6 Å². The maximum absolute atomic E-state index is 12.8. The lowest BCUT2D eigenvalue weighted by Gasteiger charge is -2.26. The van der Waals surface area contributed by atoms with Crippen LogP contribution in [-0.2, 0) is 30.4 Å². The highest BCUT2D eigenvalue weighted by atomic mass is 32.1. The fourth-order valence-electron chi connectivity index (χ4n) is 2.77. The number of carbonyl (C=O) groups excluding carboxylic acids is 4. The third kappa shape index (κ3) is 9.25. The molecule has 0 radical (unpaired) electrons. The molecular formula is C20H29N5O8S. The minimum absolute atomic E-state index is 0.0287. The summed E-state index contributed by atoms with van der Waals surface area (Å²) in [6.07, 6.45) is -2.03. The van der Waals surface area contributed by atoms with Crippen LogP contribution in [0.3, 0.4) is 0 Å². The van der Waals surface area contributed by atoms with Crippen molar-refractivity contribution in [3.05, 3.63) is 29.8 Å². The van der Waals surface area contributed by atoms with Gasteiger partial charge >= 0.3 is 5.97 Å². The molecule has 34 heavy (non-hydrogen) atoms. The highest BCUT2D eigenvalue weighted by molar-refractivity contribution is 7.80. The lowest BCUT2D eigenvalue weighted by Crippen LogP contribution is -2.60. The molecule has 0 saturated carbocycles. The molecule has 0 aliphatic rings. The molecule has 0 aliphatic carbocycles. The molecule has 188 valence electrons. The summed E-state index contributed by atoms with van der Waals surface area (Å²) in [7, 11) is 0. The topological polar surface area (TPSA) is 234 Å². The second kappa shape index (κ2) is 13.4. The van der Waals surface area contributed by atoms with Crippen LogP contribution in [0.5, 0.6) is 5.75 Å². The molecule has 0 aromatic heterocycles. The number of thiol groups is 1. The lowest BCUT2D eigenvalue weighted by molar-refractivity contribution is -0.141. The van der Waals surface area contributed by atoms with Crippen molar-refractivity contribution in [1.29, 1.82) is 0 Å². The monoisotopic (exact) mass is 499 g/mol. The van der Waals surface area contributed by atoms with Crippen molar-refractivity contribution in [2.45, 2.75) is 50.0 Å². The van der Waals surface area contributed by atoms with E-state index in [1.165, 1.54) is 31.2 Å². The highest BCUT2D eigenvalue weighted by Crippen LogP contribution is 2.12. The van der Waals surface area contributed by atoms with Gasteiger partial charge in [-0.05, 0) is 24.6 Å². The summed E-state index contributed by atoms with van der Waals surface area (Å²) in [5, 5.41) is 35.5. The number of benzene rings is 1. The number of aliphatic carboxylic acids is 1. The SMILES string of the molecule is CC(O)C(NC(=O)C(N)CC(N)=O)C(=O)NC(Cc1ccc(O)cc1)C(=O)NC(CS)C(=O)O. The second-order valence-corrected chi connectivity index (χ2v) is 7.88. The Morgan fingerprint density at radius 1 is 0.971 bits per heavy atom. The smallest absolute Gasteiger partial charge is 0.327 e. The number of carbonyl (C=O) groups is 5. The van der Waals surface area contributed by atoms with E-state index in [-0.39, 0.29) is 17.9 Å². The molecule has 0 fully saturated rings. The third-order valence-electron chi connectivity index (χ3n) is 4.63. The van der Waals surface area contributed by atoms with Crippen molar-refractivity contribution in [1.82, 2.24) is 16.0 Å². The van der Waals surface area contributed by atoms with E-state index in [2.05, 4.69) is 28.6 Å². The molecule has 1 aromatic carbocycles. The lowest BCUT2D eigenvalue weighted by atomic mass is 10.0. The van der Waals surface area contributed by atoms with Gasteiger partial charge in [0.2, 0.25) is 23.6 Å². The molecular weight excluding hydrogens is 470 g/mol. The number of phenolic OH excluding ortho intramolecular Hbond substituents is 1. The van der Waals surface area contributed by atoms with E-state index in [1.54, 1.807) is 0 Å². The number of amides is 4. The predicted molar refractivity (Wildman–Crippen MR) is 123 cm³/mol. The van der Waals surface area contributed by atoms with Gasteiger partial charge in [-0.1, -0.05) is 12.1 Å². The van der Waals surface area contributed by atoms with Gasteiger partial charge in [0, 0.05) is 12.2 Å². The molecule has 0 heterocycles. The summed E-state index contributed by atoms with van der Waals surface area (Å²) in [6, 6.07) is 0.122. The fraction of sp³-hybridized carbons (Fsp3) is 0.450. The number of carboxylic acid groups (broad SMARTS) is 1. The maximum atomic E-state index is 12.8. The zero-order chi connectivity index (χ0) is 26.0. The number of aliphatic hydroxyl groups is 1. The first-order chi connectivity index (χ1) is 15.8. The van der Waals surface area contributed by atoms with Crippen molar-refractivity contribution in [2.75, 3.05) is 5.75 Å². The molecule has 0 spiro atoms. The molecule has 0 saturated heterocycles. The first-order valence-electron chi connectivity index (χ1n) is 10.1. The van der Waals surface area contributed by atoms with Gasteiger partial charge < -0.3 is 42.7 Å². The number of aromatic hydroxyl groups is 1. The third-order valence-corrected chi connectivity index (χ3v) is 4.99. The molecule has 4 amide bonds. The Kier molecular flexibility index (Phi) is 11.3. The molecule has 13 nitrogen and oxygen atoms in total. The van der Waals surface area contributed by atoms with Gasteiger partial charge in [-0.3, -0.25) is 19.2 Å². The van der Waals surface area contributed by atoms with E-state index in [1.807, 2.05) is 0 Å². The number of carboxylic acids is 1. The van der Waals surface area contributed by atoms with E-state index in [0.29, 0.717) is 5.56 Å². The Morgan fingerprint density at radius 3 is 2.00 bits per heavy atom. The molecule has 10 N–H and O–H groups in total. The maximum Gasteiger partial charge on any atom is 0.327 e. The second-order valence-electron chi connectivity index (χ2n) is 7.52. The first-order valence-corrected chi connectivity index (χ1v) is 10.7. The van der Waals surface area contributed by atoms with E-state index in [9.17, 15) is 39.3 Å². The van der Waals surface area contributed by atoms with E-state index in [0.717, 1.165) is 0 Å². The van der Waals surface area contributed by atoms with E-state index >= 15 is 0 Å². The quantitative estimate of drug-likeness (QED) is 0.125. The zero-order valence-corrected chi connectivity index (χ0v) is 19.2. The summed E-state index contributed by atoms with van der Waals surface area (Å²) < 4.78 is 0. The largest absolute Gasteiger partial charge is 0.508 e. The Morgan fingerprint density at radius 2 is 1.53 bits per heavy atom. The van der Waals surface area contributed by atoms with Crippen molar-refractivity contribution in [3.63, 3.8) is 0 Å². The Bertz CT molecular complexity index is 895. The van der Waals surface area contributed by atoms with Crippen LogP contribution >= 0.6 is 12.6 Å². The highest BCUT2D eigenvalue weighted by Gasteiger charge is 2.32. The molecule has 0 aliphatic heterocycles. The fourth-order valence-corrected chi connectivity index (χ4v) is 3.02. The number of hydrogen-bond donors (Lipinski definition) is 9. The molecule has 5 atom stereocenters. The molecule has 0 bridgehead atoms. The van der Waals surface area contributed by atoms with Crippen molar-refractivity contribution in [3.8, 4) is 5.75 Å². The summed E-state index contributed by atoms with van der Waals surface area (Å²) in [5.74, 6) is -5.18. The Hall–Kier alpha value is -3.36. The van der Waals surface area contributed by atoms with Crippen LogP contribution in [0.4, 0.5) is 0 Å². The number of hydrogen-bond acceptors (Lipinski definition) is 9. The van der Waals surface area contributed by atoms with Crippen molar-refractivity contribution < 1.29 is 39.3 Å². The number of rotatable bonds is 13. The van der Waals surface area contributed by atoms with Gasteiger partial charge in [0.15, 0.2) is 0 Å². The molecule has 5 unspecified atom stereocenters. The van der Waals surface area contributed by atoms with E-state index < -0.39 is 66.3 Å². The van der Waals surface area contributed by atoms with E-state index in [4.69, 9.17) is 11.5 Å². The normalized spacial score (nSPS) is 15.2. The number of nitrogens with one attached hydrogen (secondary N) is 3. The van der Waals surface area contributed by atoms with Crippen LogP contribution in [0.1, 0.15) is 18.9 Å². The number of aliphatic hydroxyl groups excluding tert-OH is 1. The number of primary amides is 1. The van der Waals surface area contributed by atoms with Gasteiger partial charge in [0.1, 0.15) is 23.9 Å². The molecule has 1 aromatic rings. The van der Waals surface area contributed by atoms with Gasteiger partial charge in [-0.25, -0.2) is 4.79 Å².